The number of nitrogens with two attached hydrogens (primary N) is 1. The number of pyridine rings is 1. The van der Waals surface area contributed by atoms with Gasteiger partial charge in [0.15, 0.2) is 0 Å². The van der Waals surface area contributed by atoms with Crippen molar-refractivity contribution in [2.24, 2.45) is 5.92 Å². The Morgan fingerprint density at radius 3 is 3.00 bits per heavy atom. The van der Waals surface area contributed by atoms with Gasteiger partial charge in [0, 0.05) is 0 Å². The van der Waals surface area contributed by atoms with Crippen LogP contribution >= 0.6 is 0 Å². The van der Waals surface area contributed by atoms with Crippen LogP contribution in [0, 0.1) is 5.92 Å². The molecule has 0 bridgehead atoms. The van der Waals surface area contributed by atoms with Crippen LogP contribution in [0.1, 0.15) is 19.8 Å². The van der Waals surface area contributed by atoms with E-state index in [9.17, 15) is 4.79 Å². The number of carbonyl (C=O) groups excluding carboxylic acids is 1. The van der Waals surface area contributed by atoms with Crippen LogP contribution in [0.5, 0.6) is 0 Å². The fraction of sp³-hybridized carbons (Fsp3) is 0.500. The summed E-state index contributed by atoms with van der Waals surface area (Å²) in [6.07, 6.45) is 3.53. The van der Waals surface area contributed by atoms with Crippen molar-refractivity contribution in [3.8, 4) is 0 Å². The van der Waals surface area contributed by atoms with Crippen molar-refractivity contribution >= 4 is 17.4 Å². The molecular weight excluding hydrogens is 218 g/mol. The first kappa shape index (κ1) is 11.9. The van der Waals surface area contributed by atoms with Crippen molar-refractivity contribution in [3.63, 3.8) is 0 Å². The molecule has 1 aromatic heterocycles. The molecule has 3 N–H and O–H groups in total. The molecule has 1 fully saturated rings. The SMILES string of the molecule is CC(OCC1CC1)C(=O)Nc1ccc(N)nc1. The highest BCUT2D eigenvalue weighted by atomic mass is 16.5. The fourth-order valence-corrected chi connectivity index (χ4v) is 1.36. The zero-order valence-electron chi connectivity index (χ0n) is 9.85. The third-order valence-electron chi connectivity index (χ3n) is 2.70. The quantitative estimate of drug-likeness (QED) is 0.809. The molecule has 1 heterocycles. The molecule has 5 nitrogen and oxygen atoms in total. The number of nitrogens with zero attached hydrogens (tertiary/aromatic N) is 1. The van der Waals surface area contributed by atoms with Gasteiger partial charge in [-0.2, -0.15) is 0 Å². The minimum Gasteiger partial charge on any atom is -0.384 e. The highest BCUT2D eigenvalue weighted by Gasteiger charge is 2.24. The van der Waals surface area contributed by atoms with Crippen LogP contribution in [-0.2, 0) is 9.53 Å². The van der Waals surface area contributed by atoms with Crippen molar-refractivity contribution in [2.45, 2.75) is 25.9 Å². The van der Waals surface area contributed by atoms with E-state index < -0.39 is 6.10 Å². The predicted molar refractivity (Wildman–Crippen MR) is 65.4 cm³/mol. The number of aromatic nitrogens is 1. The van der Waals surface area contributed by atoms with Crippen LogP contribution in [0.4, 0.5) is 11.5 Å². The summed E-state index contributed by atoms with van der Waals surface area (Å²) < 4.78 is 5.47. The molecule has 1 unspecified atom stereocenters. The molecule has 17 heavy (non-hydrogen) atoms. The van der Waals surface area contributed by atoms with E-state index in [1.165, 1.54) is 19.0 Å². The molecule has 0 aromatic carbocycles. The summed E-state index contributed by atoms with van der Waals surface area (Å²) >= 11 is 0. The molecule has 1 aliphatic rings. The van der Waals surface area contributed by atoms with E-state index >= 15 is 0 Å². The molecule has 92 valence electrons. The number of amides is 1. The third-order valence-corrected chi connectivity index (χ3v) is 2.70. The normalized spacial score (nSPS) is 16.5. The monoisotopic (exact) mass is 235 g/mol. The smallest absolute Gasteiger partial charge is 0.253 e. The molecule has 1 atom stereocenters. The lowest BCUT2D eigenvalue weighted by atomic mass is 10.3. The third kappa shape index (κ3) is 3.71. The second-order valence-electron chi connectivity index (χ2n) is 4.38. The van der Waals surface area contributed by atoms with Gasteiger partial charge in [0.05, 0.1) is 18.5 Å². The first-order chi connectivity index (χ1) is 8.15. The Morgan fingerprint density at radius 2 is 2.41 bits per heavy atom. The van der Waals surface area contributed by atoms with Gasteiger partial charge in [0.25, 0.3) is 5.91 Å². The number of carbonyl (C=O) groups is 1. The lowest BCUT2D eigenvalue weighted by Crippen LogP contribution is -2.28. The summed E-state index contributed by atoms with van der Waals surface area (Å²) in [7, 11) is 0. The average molecular weight is 235 g/mol. The molecule has 5 heteroatoms. The van der Waals surface area contributed by atoms with Gasteiger partial charge in [0.2, 0.25) is 0 Å². The fourth-order valence-electron chi connectivity index (χ4n) is 1.36. The highest BCUT2D eigenvalue weighted by molar-refractivity contribution is 5.93. The highest BCUT2D eigenvalue weighted by Crippen LogP contribution is 2.29. The van der Waals surface area contributed by atoms with Gasteiger partial charge in [-0.1, -0.05) is 0 Å². The Kier molecular flexibility index (Phi) is 3.58. The number of hydrogen-bond acceptors (Lipinski definition) is 4. The lowest BCUT2D eigenvalue weighted by molar-refractivity contribution is -0.126. The van der Waals surface area contributed by atoms with E-state index in [-0.39, 0.29) is 5.91 Å². The zero-order chi connectivity index (χ0) is 12.3. The van der Waals surface area contributed by atoms with Crippen LogP contribution in [0.2, 0.25) is 0 Å². The average Bonchev–Trinajstić information content (AvgIpc) is 3.13. The molecule has 0 radical (unpaired) electrons. The van der Waals surface area contributed by atoms with Gasteiger partial charge in [-0.25, -0.2) is 4.98 Å². The first-order valence-corrected chi connectivity index (χ1v) is 5.79. The molecule has 1 aromatic rings. The van der Waals surface area contributed by atoms with Crippen LogP contribution in [0.15, 0.2) is 18.3 Å². The van der Waals surface area contributed by atoms with Crippen LogP contribution < -0.4 is 11.1 Å². The van der Waals surface area contributed by atoms with Gasteiger partial charge in [0.1, 0.15) is 11.9 Å². The van der Waals surface area contributed by atoms with Crippen LogP contribution in [0.3, 0.4) is 0 Å². The predicted octanol–water partition coefficient (Wildman–Crippen LogP) is 1.42. The maximum Gasteiger partial charge on any atom is 0.253 e. The summed E-state index contributed by atoms with van der Waals surface area (Å²) in [5, 5.41) is 2.73. The van der Waals surface area contributed by atoms with Gasteiger partial charge in [-0.05, 0) is 37.8 Å². The molecule has 0 aliphatic heterocycles. The lowest BCUT2D eigenvalue weighted by Gasteiger charge is -2.12. The minimum atomic E-state index is -0.437. The molecule has 2 rings (SSSR count). The first-order valence-electron chi connectivity index (χ1n) is 5.79. The van der Waals surface area contributed by atoms with Gasteiger partial charge in [-0.3, -0.25) is 4.79 Å². The van der Waals surface area contributed by atoms with Crippen LogP contribution in [-0.4, -0.2) is 23.6 Å². The van der Waals surface area contributed by atoms with Gasteiger partial charge < -0.3 is 15.8 Å². The Balaban J connectivity index is 1.80. The Morgan fingerprint density at radius 1 is 1.65 bits per heavy atom. The second kappa shape index (κ2) is 5.14. The van der Waals surface area contributed by atoms with Gasteiger partial charge >= 0.3 is 0 Å². The molecule has 1 amide bonds. The summed E-state index contributed by atoms with van der Waals surface area (Å²) in [5.41, 5.74) is 6.09. The number of nitrogens with one attached hydrogen (secondary N) is 1. The summed E-state index contributed by atoms with van der Waals surface area (Å²) in [6.45, 7) is 2.43. The molecular formula is C12H17N3O2. The Labute approximate surface area is 100 Å². The summed E-state index contributed by atoms with van der Waals surface area (Å²) in [4.78, 5) is 15.6. The van der Waals surface area contributed by atoms with E-state index in [1.54, 1.807) is 19.1 Å². The van der Waals surface area contributed by atoms with Crippen molar-refractivity contribution in [2.75, 3.05) is 17.7 Å². The van der Waals surface area contributed by atoms with Crippen molar-refractivity contribution in [1.82, 2.24) is 4.98 Å². The van der Waals surface area contributed by atoms with Crippen molar-refractivity contribution in [1.29, 1.82) is 0 Å². The number of anilines is 2. The minimum absolute atomic E-state index is 0.155. The van der Waals surface area contributed by atoms with E-state index in [1.807, 2.05) is 0 Å². The van der Waals surface area contributed by atoms with Crippen LogP contribution in [0.25, 0.3) is 0 Å². The summed E-state index contributed by atoms with van der Waals surface area (Å²) in [6, 6.07) is 3.36. The molecule has 0 saturated heterocycles. The number of rotatable bonds is 5. The van der Waals surface area contributed by atoms with E-state index in [0.717, 1.165) is 0 Å². The number of nitrogen functional groups attached to an aromatic ring is 1. The zero-order valence-corrected chi connectivity index (χ0v) is 9.85. The van der Waals surface area contributed by atoms with E-state index in [2.05, 4.69) is 10.3 Å². The van der Waals surface area contributed by atoms with E-state index in [4.69, 9.17) is 10.5 Å². The maximum atomic E-state index is 11.7. The van der Waals surface area contributed by atoms with E-state index in [0.29, 0.717) is 24.0 Å². The maximum absolute atomic E-state index is 11.7. The van der Waals surface area contributed by atoms with Gasteiger partial charge in [-0.15, -0.1) is 0 Å². The topological polar surface area (TPSA) is 77.2 Å². The Bertz CT molecular complexity index is 387. The molecule has 1 saturated carbocycles. The largest absolute Gasteiger partial charge is 0.384 e. The molecule has 0 spiro atoms. The van der Waals surface area contributed by atoms with Crippen molar-refractivity contribution in [3.05, 3.63) is 18.3 Å². The number of ether oxygens (including phenoxy) is 1. The summed E-state index contributed by atoms with van der Waals surface area (Å²) in [5.74, 6) is 0.932. The standard InChI is InChI=1S/C12H17N3O2/c1-8(17-7-9-2-3-9)12(16)15-10-4-5-11(13)14-6-10/h4-6,8-9H,2-3,7H2,1H3,(H2,13,14)(H,15,16). The number of hydrogen-bond donors (Lipinski definition) is 2. The Hall–Kier alpha value is -1.62. The second-order valence-corrected chi connectivity index (χ2v) is 4.38. The van der Waals surface area contributed by atoms with Crippen molar-refractivity contribution < 1.29 is 9.53 Å². The molecule has 1 aliphatic carbocycles.